The number of nitrogens with two attached hydrogens (primary N) is 1. The minimum atomic E-state index is -0.140. The van der Waals surface area contributed by atoms with Crippen molar-refractivity contribution in [1.82, 2.24) is 4.90 Å². The van der Waals surface area contributed by atoms with E-state index in [-0.39, 0.29) is 18.4 Å². The van der Waals surface area contributed by atoms with Crippen LogP contribution in [0.2, 0.25) is 0 Å². The molecule has 5 heteroatoms. The average molecular weight is 298 g/mol. The van der Waals surface area contributed by atoms with Crippen molar-refractivity contribution in [2.45, 2.75) is 26.5 Å². The Morgan fingerprint density at radius 1 is 1.45 bits per heavy atom. The Morgan fingerprint density at radius 2 is 2.20 bits per heavy atom. The predicted octanol–water partition coefficient (Wildman–Crippen LogP) is 2.30. The van der Waals surface area contributed by atoms with Gasteiger partial charge in [-0.2, -0.15) is 0 Å². The number of hydrogen-bond donors (Lipinski definition) is 1. The molecule has 1 aromatic rings. The largest absolute Gasteiger partial charge is 0.380 e. The second-order valence-electron chi connectivity index (χ2n) is 4.86. The molecule has 0 radical (unpaired) electrons. The van der Waals surface area contributed by atoms with Crippen LogP contribution < -0.4 is 5.73 Å². The van der Waals surface area contributed by atoms with Crippen LogP contribution in [0, 0.1) is 6.92 Å². The Morgan fingerprint density at radius 3 is 2.85 bits per heavy atom. The van der Waals surface area contributed by atoms with Gasteiger partial charge in [-0.25, -0.2) is 0 Å². The first kappa shape index (κ1) is 17.0. The van der Waals surface area contributed by atoms with Crippen LogP contribution in [0.15, 0.2) is 23.2 Å². The summed E-state index contributed by atoms with van der Waals surface area (Å²) in [5.74, 6) is 1.01. The molecule has 1 aliphatic heterocycles. The third kappa shape index (κ3) is 3.32. The number of methoxy groups -OCH3 is 1. The van der Waals surface area contributed by atoms with Gasteiger partial charge in [0, 0.05) is 20.2 Å². The van der Waals surface area contributed by atoms with E-state index in [9.17, 15) is 0 Å². The fraction of sp³-hybridized carbons (Fsp3) is 0.533. The molecule has 0 amide bonds. The number of likely N-dealkylation sites (N-methyl/N-ethyl adjacent to an activating group) is 1. The molecule has 0 saturated carbocycles. The highest BCUT2D eigenvalue weighted by molar-refractivity contribution is 5.90. The van der Waals surface area contributed by atoms with E-state index in [0.717, 1.165) is 31.0 Å². The molecule has 0 bridgehead atoms. The van der Waals surface area contributed by atoms with E-state index in [1.807, 2.05) is 6.07 Å². The molecular formula is C15H24ClN3O. The minimum absolute atomic E-state index is 0. The molecule has 0 aliphatic carbocycles. The summed E-state index contributed by atoms with van der Waals surface area (Å²) in [5, 5.41) is 0. The molecule has 1 unspecified atom stereocenters. The van der Waals surface area contributed by atoms with Gasteiger partial charge >= 0.3 is 0 Å². The molecule has 1 atom stereocenters. The standard InChI is InChI=1S/C15H23N3O.ClH/c1-4-18-9-8-17-15(18)14(16)13-7-5-6-12(10-19-3)11(13)2;/h5-7,14H,4,8-10,16H2,1-3H3;1H. The fourth-order valence-corrected chi connectivity index (χ4v) is 2.61. The van der Waals surface area contributed by atoms with E-state index in [1.54, 1.807) is 7.11 Å². The number of benzene rings is 1. The number of hydrogen-bond acceptors (Lipinski definition) is 4. The quantitative estimate of drug-likeness (QED) is 0.907. The molecule has 0 spiro atoms. The van der Waals surface area contributed by atoms with Gasteiger partial charge in [-0.15, -0.1) is 12.4 Å². The molecule has 112 valence electrons. The molecule has 0 saturated heterocycles. The van der Waals surface area contributed by atoms with Gasteiger partial charge in [0.15, 0.2) is 0 Å². The molecule has 2 N–H and O–H groups in total. The smallest absolute Gasteiger partial charge is 0.121 e. The van der Waals surface area contributed by atoms with Crippen molar-refractivity contribution >= 4 is 18.2 Å². The van der Waals surface area contributed by atoms with Crippen LogP contribution in [0.1, 0.15) is 29.7 Å². The molecule has 1 aliphatic rings. The highest BCUT2D eigenvalue weighted by atomic mass is 35.5. The lowest BCUT2D eigenvalue weighted by atomic mass is 9.96. The van der Waals surface area contributed by atoms with Crippen LogP contribution in [0.5, 0.6) is 0 Å². The maximum atomic E-state index is 6.42. The van der Waals surface area contributed by atoms with Gasteiger partial charge in [0.1, 0.15) is 5.84 Å². The summed E-state index contributed by atoms with van der Waals surface area (Å²) in [7, 11) is 1.71. The number of rotatable bonds is 5. The van der Waals surface area contributed by atoms with Gasteiger partial charge in [0.25, 0.3) is 0 Å². The van der Waals surface area contributed by atoms with Crippen molar-refractivity contribution in [3.63, 3.8) is 0 Å². The van der Waals surface area contributed by atoms with Crippen LogP contribution in [-0.4, -0.2) is 37.5 Å². The number of nitrogens with zero attached hydrogens (tertiary/aromatic N) is 2. The van der Waals surface area contributed by atoms with E-state index in [2.05, 4.69) is 35.9 Å². The highest BCUT2D eigenvalue weighted by Gasteiger charge is 2.24. The molecule has 20 heavy (non-hydrogen) atoms. The second-order valence-corrected chi connectivity index (χ2v) is 4.86. The molecule has 1 heterocycles. The van der Waals surface area contributed by atoms with E-state index in [4.69, 9.17) is 10.5 Å². The van der Waals surface area contributed by atoms with Crippen molar-refractivity contribution in [1.29, 1.82) is 0 Å². The molecular weight excluding hydrogens is 274 g/mol. The zero-order valence-electron chi connectivity index (χ0n) is 12.4. The average Bonchev–Trinajstić information content (AvgIpc) is 2.89. The fourth-order valence-electron chi connectivity index (χ4n) is 2.61. The summed E-state index contributed by atoms with van der Waals surface area (Å²) < 4.78 is 5.23. The first-order chi connectivity index (χ1) is 9.19. The first-order valence-electron chi connectivity index (χ1n) is 6.81. The summed E-state index contributed by atoms with van der Waals surface area (Å²) in [5.41, 5.74) is 9.97. The molecule has 2 rings (SSSR count). The summed E-state index contributed by atoms with van der Waals surface area (Å²) in [6.45, 7) is 7.67. The zero-order valence-corrected chi connectivity index (χ0v) is 13.2. The van der Waals surface area contributed by atoms with E-state index >= 15 is 0 Å². The van der Waals surface area contributed by atoms with Gasteiger partial charge < -0.3 is 15.4 Å². The minimum Gasteiger partial charge on any atom is -0.380 e. The first-order valence-corrected chi connectivity index (χ1v) is 6.81. The summed E-state index contributed by atoms with van der Waals surface area (Å²) in [4.78, 5) is 6.82. The molecule has 0 aromatic heterocycles. The van der Waals surface area contributed by atoms with Crippen molar-refractivity contribution in [2.24, 2.45) is 10.7 Å². The van der Waals surface area contributed by atoms with Crippen LogP contribution in [0.3, 0.4) is 0 Å². The summed E-state index contributed by atoms with van der Waals surface area (Å²) in [6.07, 6.45) is 0. The summed E-state index contributed by atoms with van der Waals surface area (Å²) in [6, 6.07) is 6.08. The SMILES string of the molecule is CCN1CCN=C1C(N)c1cccc(COC)c1C.Cl. The van der Waals surface area contributed by atoms with Gasteiger partial charge in [0.05, 0.1) is 19.2 Å². The van der Waals surface area contributed by atoms with E-state index < -0.39 is 0 Å². The molecule has 1 aromatic carbocycles. The highest BCUT2D eigenvalue weighted by Crippen LogP contribution is 2.23. The van der Waals surface area contributed by atoms with E-state index in [1.165, 1.54) is 11.1 Å². The molecule has 0 fully saturated rings. The van der Waals surface area contributed by atoms with Crippen LogP contribution >= 0.6 is 12.4 Å². The summed E-state index contributed by atoms with van der Waals surface area (Å²) >= 11 is 0. The monoisotopic (exact) mass is 297 g/mol. The van der Waals surface area contributed by atoms with Crippen molar-refractivity contribution in [3.8, 4) is 0 Å². The van der Waals surface area contributed by atoms with Crippen molar-refractivity contribution < 1.29 is 4.74 Å². The maximum absolute atomic E-state index is 6.42. The third-order valence-electron chi connectivity index (χ3n) is 3.75. The van der Waals surface area contributed by atoms with Gasteiger partial charge in [-0.3, -0.25) is 4.99 Å². The lowest BCUT2D eigenvalue weighted by Gasteiger charge is -2.24. The number of halogens is 1. The second kappa shape index (κ2) is 7.62. The number of aliphatic imine (C=N–C) groups is 1. The Labute approximate surface area is 127 Å². The van der Waals surface area contributed by atoms with Crippen molar-refractivity contribution in [3.05, 3.63) is 34.9 Å². The number of amidine groups is 1. The van der Waals surface area contributed by atoms with Gasteiger partial charge in [-0.05, 0) is 30.5 Å². The van der Waals surface area contributed by atoms with Crippen LogP contribution in [-0.2, 0) is 11.3 Å². The normalized spacial score (nSPS) is 15.8. The van der Waals surface area contributed by atoms with Crippen molar-refractivity contribution in [2.75, 3.05) is 26.7 Å². The van der Waals surface area contributed by atoms with Gasteiger partial charge in [0.2, 0.25) is 0 Å². The van der Waals surface area contributed by atoms with E-state index in [0.29, 0.717) is 6.61 Å². The lowest BCUT2D eigenvalue weighted by molar-refractivity contribution is 0.184. The predicted molar refractivity (Wildman–Crippen MR) is 85.6 cm³/mol. The Hall–Kier alpha value is -1.10. The molecule has 4 nitrogen and oxygen atoms in total. The van der Waals surface area contributed by atoms with Crippen LogP contribution in [0.4, 0.5) is 0 Å². The Kier molecular flexibility index (Phi) is 6.46. The Balaban J connectivity index is 0.00000200. The zero-order chi connectivity index (χ0) is 13.8. The topological polar surface area (TPSA) is 50.8 Å². The van der Waals surface area contributed by atoms with Gasteiger partial charge in [-0.1, -0.05) is 18.2 Å². The maximum Gasteiger partial charge on any atom is 0.121 e. The lowest BCUT2D eigenvalue weighted by Crippen LogP contribution is -2.36. The van der Waals surface area contributed by atoms with Crippen LogP contribution in [0.25, 0.3) is 0 Å². The Bertz CT molecular complexity index is 476. The third-order valence-corrected chi connectivity index (χ3v) is 3.75. The number of ether oxygens (including phenoxy) is 1.